The number of fused-ring (bicyclic) bond motifs is 1. The quantitative estimate of drug-likeness (QED) is 0.801. The van der Waals surface area contributed by atoms with Gasteiger partial charge in [-0.2, -0.15) is 0 Å². The van der Waals surface area contributed by atoms with E-state index in [0.29, 0.717) is 32.5 Å². The second-order valence-corrected chi connectivity index (χ2v) is 5.63. The number of methoxy groups -OCH3 is 1. The van der Waals surface area contributed by atoms with Crippen molar-refractivity contribution in [1.29, 1.82) is 0 Å². The van der Waals surface area contributed by atoms with E-state index < -0.39 is 0 Å². The second kappa shape index (κ2) is 5.63. The summed E-state index contributed by atoms with van der Waals surface area (Å²) in [4.78, 5) is 25.9. The van der Waals surface area contributed by atoms with Crippen LogP contribution in [0, 0.1) is 0 Å². The summed E-state index contributed by atoms with van der Waals surface area (Å²) in [5.74, 6) is -0.173. The van der Waals surface area contributed by atoms with Crippen LogP contribution in [0.2, 0.25) is 10.0 Å². The molecule has 0 saturated carbocycles. The molecule has 0 radical (unpaired) electrons. The van der Waals surface area contributed by atoms with Gasteiger partial charge in [-0.05, 0) is 18.2 Å². The number of halogens is 2. The van der Waals surface area contributed by atoms with Crippen LogP contribution in [0.1, 0.15) is 26.3 Å². The number of ether oxygens (including phenoxy) is 1. The van der Waals surface area contributed by atoms with E-state index in [1.807, 2.05) is 0 Å². The Bertz CT molecular complexity index is 754. The van der Waals surface area contributed by atoms with E-state index in [9.17, 15) is 9.59 Å². The highest BCUT2D eigenvalue weighted by Gasteiger charge is 2.35. The molecule has 2 amide bonds. The third-order valence-electron chi connectivity index (χ3n) is 3.53. The maximum absolute atomic E-state index is 12.4. The monoisotopic (exact) mass is 335 g/mol. The Kier molecular flexibility index (Phi) is 3.81. The SMILES string of the molecule is COc1cc(Cl)c(Cl)cc1CN1C(=O)c2ccccc2C1=O. The summed E-state index contributed by atoms with van der Waals surface area (Å²) in [6.07, 6.45) is 0. The van der Waals surface area contributed by atoms with Crippen molar-refractivity contribution in [3.05, 3.63) is 63.1 Å². The molecule has 2 aromatic rings. The second-order valence-electron chi connectivity index (χ2n) is 4.82. The first-order chi connectivity index (χ1) is 10.5. The molecule has 2 aromatic carbocycles. The molecule has 22 heavy (non-hydrogen) atoms. The van der Waals surface area contributed by atoms with Crippen LogP contribution in [0.25, 0.3) is 0 Å². The molecule has 0 bridgehead atoms. The van der Waals surface area contributed by atoms with Gasteiger partial charge in [-0.15, -0.1) is 0 Å². The molecule has 1 aliphatic rings. The molecule has 6 heteroatoms. The zero-order valence-corrected chi connectivity index (χ0v) is 13.1. The molecule has 0 atom stereocenters. The highest BCUT2D eigenvalue weighted by molar-refractivity contribution is 6.42. The summed E-state index contributed by atoms with van der Waals surface area (Å²) >= 11 is 12.0. The molecule has 1 heterocycles. The van der Waals surface area contributed by atoms with Crippen molar-refractivity contribution in [2.45, 2.75) is 6.54 Å². The fourth-order valence-corrected chi connectivity index (χ4v) is 2.78. The van der Waals surface area contributed by atoms with E-state index >= 15 is 0 Å². The molecule has 3 rings (SSSR count). The molecule has 1 aliphatic heterocycles. The lowest BCUT2D eigenvalue weighted by atomic mass is 10.1. The minimum Gasteiger partial charge on any atom is -0.496 e. The molecule has 0 spiro atoms. The van der Waals surface area contributed by atoms with Crippen molar-refractivity contribution < 1.29 is 14.3 Å². The lowest BCUT2D eigenvalue weighted by Gasteiger charge is -2.17. The number of benzene rings is 2. The van der Waals surface area contributed by atoms with Gasteiger partial charge in [0.25, 0.3) is 11.8 Å². The van der Waals surface area contributed by atoms with Crippen LogP contribution in [0.4, 0.5) is 0 Å². The van der Waals surface area contributed by atoms with Gasteiger partial charge in [0.1, 0.15) is 5.75 Å². The number of hydrogen-bond donors (Lipinski definition) is 0. The molecule has 0 aliphatic carbocycles. The van der Waals surface area contributed by atoms with Crippen LogP contribution in [0.5, 0.6) is 5.75 Å². The molecular formula is C16H11Cl2NO3. The van der Waals surface area contributed by atoms with Crippen molar-refractivity contribution in [3.8, 4) is 5.75 Å². The Labute approximate surface area is 137 Å². The summed E-state index contributed by atoms with van der Waals surface area (Å²) in [7, 11) is 1.49. The van der Waals surface area contributed by atoms with Gasteiger partial charge in [0.2, 0.25) is 0 Å². The van der Waals surface area contributed by atoms with Crippen molar-refractivity contribution in [1.82, 2.24) is 4.90 Å². The summed E-state index contributed by atoms with van der Waals surface area (Å²) in [5, 5.41) is 0.693. The lowest BCUT2D eigenvalue weighted by Crippen LogP contribution is -2.29. The van der Waals surface area contributed by atoms with Crippen LogP contribution in [0.15, 0.2) is 36.4 Å². The van der Waals surface area contributed by atoms with Crippen LogP contribution < -0.4 is 4.74 Å². The Balaban J connectivity index is 1.97. The van der Waals surface area contributed by atoms with Gasteiger partial charge in [0, 0.05) is 11.6 Å². The molecule has 0 fully saturated rings. The average molecular weight is 336 g/mol. The van der Waals surface area contributed by atoms with Crippen LogP contribution in [-0.2, 0) is 6.54 Å². The van der Waals surface area contributed by atoms with Gasteiger partial charge in [0.05, 0.1) is 34.8 Å². The predicted octanol–water partition coefficient (Wildman–Crippen LogP) is 3.80. The molecule has 0 unspecified atom stereocenters. The van der Waals surface area contributed by atoms with E-state index in [-0.39, 0.29) is 18.4 Å². The normalized spacial score (nSPS) is 13.5. The van der Waals surface area contributed by atoms with Crippen molar-refractivity contribution in [2.24, 2.45) is 0 Å². The third-order valence-corrected chi connectivity index (χ3v) is 4.25. The number of amides is 2. The van der Waals surface area contributed by atoms with E-state index in [1.165, 1.54) is 12.0 Å². The first-order valence-corrected chi connectivity index (χ1v) is 7.25. The molecule has 0 N–H and O–H groups in total. The number of carbonyl (C=O) groups is 2. The van der Waals surface area contributed by atoms with Crippen LogP contribution in [0.3, 0.4) is 0 Å². The minimum atomic E-state index is -0.325. The van der Waals surface area contributed by atoms with Gasteiger partial charge in [-0.1, -0.05) is 35.3 Å². The number of hydrogen-bond acceptors (Lipinski definition) is 3. The zero-order chi connectivity index (χ0) is 15.9. The summed E-state index contributed by atoms with van der Waals surface area (Å²) in [6, 6.07) is 9.91. The largest absolute Gasteiger partial charge is 0.496 e. The van der Waals surface area contributed by atoms with Gasteiger partial charge in [0.15, 0.2) is 0 Å². The Hall–Kier alpha value is -2.04. The Morgan fingerprint density at radius 3 is 2.09 bits per heavy atom. The number of carbonyl (C=O) groups excluding carboxylic acids is 2. The van der Waals surface area contributed by atoms with E-state index in [4.69, 9.17) is 27.9 Å². The first kappa shape index (κ1) is 14.9. The van der Waals surface area contributed by atoms with Crippen molar-refractivity contribution >= 4 is 35.0 Å². The van der Waals surface area contributed by atoms with Gasteiger partial charge >= 0.3 is 0 Å². The van der Waals surface area contributed by atoms with Gasteiger partial charge < -0.3 is 4.74 Å². The van der Waals surface area contributed by atoms with Crippen molar-refractivity contribution in [3.63, 3.8) is 0 Å². The summed E-state index contributed by atoms with van der Waals surface area (Å²) in [6.45, 7) is 0.0758. The first-order valence-electron chi connectivity index (χ1n) is 6.50. The van der Waals surface area contributed by atoms with Crippen LogP contribution >= 0.6 is 23.2 Å². The van der Waals surface area contributed by atoms with E-state index in [2.05, 4.69) is 0 Å². The van der Waals surface area contributed by atoms with Gasteiger partial charge in [-0.3, -0.25) is 14.5 Å². The Morgan fingerprint density at radius 2 is 1.55 bits per heavy atom. The average Bonchev–Trinajstić information content (AvgIpc) is 2.76. The fraction of sp³-hybridized carbons (Fsp3) is 0.125. The Morgan fingerprint density at radius 1 is 1.00 bits per heavy atom. The third kappa shape index (κ3) is 2.34. The standard InChI is InChI=1S/C16H11Cl2NO3/c1-22-14-7-13(18)12(17)6-9(14)8-19-15(20)10-4-2-3-5-11(10)16(19)21/h2-7H,8H2,1H3. The molecule has 0 saturated heterocycles. The van der Waals surface area contributed by atoms with Crippen molar-refractivity contribution in [2.75, 3.05) is 7.11 Å². The van der Waals surface area contributed by atoms with E-state index in [0.717, 1.165) is 0 Å². The van der Waals surface area contributed by atoms with Crippen LogP contribution in [-0.4, -0.2) is 23.8 Å². The van der Waals surface area contributed by atoms with E-state index in [1.54, 1.807) is 36.4 Å². The maximum Gasteiger partial charge on any atom is 0.261 e. The number of nitrogens with zero attached hydrogens (tertiary/aromatic N) is 1. The zero-order valence-electron chi connectivity index (χ0n) is 11.6. The summed E-state index contributed by atoms with van der Waals surface area (Å²) in [5.41, 5.74) is 1.43. The molecule has 4 nitrogen and oxygen atoms in total. The maximum atomic E-state index is 12.4. The number of imide groups is 1. The minimum absolute atomic E-state index is 0.0758. The lowest BCUT2D eigenvalue weighted by molar-refractivity contribution is 0.0641. The fourth-order valence-electron chi connectivity index (χ4n) is 2.44. The summed E-state index contributed by atoms with van der Waals surface area (Å²) < 4.78 is 5.25. The predicted molar refractivity (Wildman–Crippen MR) is 83.7 cm³/mol. The molecule has 0 aromatic heterocycles. The smallest absolute Gasteiger partial charge is 0.261 e. The molecule has 112 valence electrons. The molecular weight excluding hydrogens is 325 g/mol. The van der Waals surface area contributed by atoms with Gasteiger partial charge in [-0.25, -0.2) is 0 Å². The number of rotatable bonds is 3. The highest BCUT2D eigenvalue weighted by Crippen LogP contribution is 2.33. The highest BCUT2D eigenvalue weighted by atomic mass is 35.5. The topological polar surface area (TPSA) is 46.6 Å².